The Morgan fingerprint density at radius 3 is 2.39 bits per heavy atom. The fourth-order valence-corrected chi connectivity index (χ4v) is 3.62. The van der Waals surface area contributed by atoms with E-state index in [0.29, 0.717) is 23.5 Å². The molecule has 0 spiro atoms. The van der Waals surface area contributed by atoms with Gasteiger partial charge in [0.2, 0.25) is 0 Å². The average Bonchev–Trinajstić information content (AvgIpc) is 2.81. The Kier molecular flexibility index (Phi) is 7.84. The Bertz CT molecular complexity index is 1050. The van der Waals surface area contributed by atoms with Crippen LogP contribution in [0.15, 0.2) is 77.3 Å². The predicted molar refractivity (Wildman–Crippen MR) is 126 cm³/mol. The topological polar surface area (TPSA) is 58.6 Å². The number of rotatable bonds is 8. The van der Waals surface area contributed by atoms with Gasteiger partial charge in [-0.05, 0) is 57.7 Å². The molecule has 0 bridgehead atoms. The maximum absolute atomic E-state index is 12.8. The molecule has 31 heavy (non-hydrogen) atoms. The summed E-state index contributed by atoms with van der Waals surface area (Å²) in [6.45, 7) is 2.35. The van der Waals surface area contributed by atoms with E-state index in [2.05, 4.69) is 28.2 Å². The van der Waals surface area contributed by atoms with E-state index in [-0.39, 0.29) is 18.4 Å². The minimum Gasteiger partial charge on any atom is -0.483 e. The van der Waals surface area contributed by atoms with Crippen molar-refractivity contribution in [3.8, 4) is 5.75 Å². The summed E-state index contributed by atoms with van der Waals surface area (Å²) in [7, 11) is 1.64. The maximum atomic E-state index is 12.8. The first kappa shape index (κ1) is 22.6. The van der Waals surface area contributed by atoms with Crippen LogP contribution < -0.4 is 15.0 Å². The lowest BCUT2D eigenvalue weighted by molar-refractivity contribution is -0.120. The summed E-state index contributed by atoms with van der Waals surface area (Å²) in [4.78, 5) is 27.0. The van der Waals surface area contributed by atoms with Crippen molar-refractivity contribution >= 4 is 33.4 Å². The van der Waals surface area contributed by atoms with Crippen LogP contribution in [0.5, 0.6) is 5.75 Å². The molecule has 0 aliphatic rings. The zero-order chi connectivity index (χ0) is 22.2. The molecule has 0 heterocycles. The third kappa shape index (κ3) is 5.95. The number of para-hydroxylation sites is 1. The second-order valence-corrected chi connectivity index (χ2v) is 7.90. The van der Waals surface area contributed by atoms with Crippen LogP contribution in [0.3, 0.4) is 0 Å². The molecule has 3 rings (SSSR count). The summed E-state index contributed by atoms with van der Waals surface area (Å²) in [5.41, 5.74) is 3.15. The molecule has 0 radical (unpaired) electrons. The highest BCUT2D eigenvalue weighted by molar-refractivity contribution is 9.10. The van der Waals surface area contributed by atoms with Crippen LogP contribution in [0.2, 0.25) is 0 Å². The van der Waals surface area contributed by atoms with E-state index in [9.17, 15) is 9.59 Å². The van der Waals surface area contributed by atoms with Gasteiger partial charge in [-0.2, -0.15) is 0 Å². The van der Waals surface area contributed by atoms with Crippen molar-refractivity contribution in [1.82, 2.24) is 5.32 Å². The average molecular weight is 481 g/mol. The first-order valence-corrected chi connectivity index (χ1v) is 10.9. The lowest BCUT2D eigenvalue weighted by atomic mass is 10.1. The molecule has 160 valence electrons. The molecule has 5 nitrogen and oxygen atoms in total. The summed E-state index contributed by atoms with van der Waals surface area (Å²) >= 11 is 3.48. The van der Waals surface area contributed by atoms with Crippen LogP contribution in [0, 0.1) is 0 Å². The van der Waals surface area contributed by atoms with Gasteiger partial charge in [0.25, 0.3) is 11.8 Å². The van der Waals surface area contributed by atoms with Gasteiger partial charge in [0.05, 0.1) is 15.7 Å². The standard InChI is InChI=1S/C25H25BrN2O3/c1-3-18-13-14-23(21(26)15-18)31-17-24(29)28(2)22-12-8-7-11-20(22)25(30)27-16-19-9-5-4-6-10-19/h4-15H,3,16-17H2,1-2H3,(H,27,30). The third-order valence-electron chi connectivity index (χ3n) is 4.94. The molecule has 0 fully saturated rings. The zero-order valence-electron chi connectivity index (χ0n) is 17.6. The molecule has 0 aromatic heterocycles. The molecule has 0 saturated carbocycles. The Morgan fingerprint density at radius 1 is 0.968 bits per heavy atom. The molecule has 3 aromatic rings. The van der Waals surface area contributed by atoms with E-state index >= 15 is 0 Å². The number of ether oxygens (including phenoxy) is 1. The summed E-state index contributed by atoms with van der Waals surface area (Å²) in [5, 5.41) is 2.91. The quantitative estimate of drug-likeness (QED) is 0.494. The summed E-state index contributed by atoms with van der Waals surface area (Å²) in [5.74, 6) is 0.112. The van der Waals surface area contributed by atoms with Gasteiger partial charge in [-0.15, -0.1) is 0 Å². The molecule has 0 unspecified atom stereocenters. The molecule has 2 amide bonds. The van der Waals surface area contributed by atoms with Crippen molar-refractivity contribution in [2.45, 2.75) is 19.9 Å². The van der Waals surface area contributed by atoms with Crippen LogP contribution >= 0.6 is 15.9 Å². The predicted octanol–water partition coefficient (Wildman–Crippen LogP) is 4.98. The summed E-state index contributed by atoms with van der Waals surface area (Å²) in [6.07, 6.45) is 0.920. The molecule has 3 aromatic carbocycles. The Hall–Kier alpha value is -3.12. The number of hydrogen-bond acceptors (Lipinski definition) is 3. The third-order valence-corrected chi connectivity index (χ3v) is 5.56. The van der Waals surface area contributed by atoms with Crippen molar-refractivity contribution < 1.29 is 14.3 Å². The van der Waals surface area contributed by atoms with Gasteiger partial charge in [0.1, 0.15) is 5.75 Å². The highest BCUT2D eigenvalue weighted by atomic mass is 79.9. The number of anilines is 1. The van der Waals surface area contributed by atoms with Crippen LogP contribution in [-0.2, 0) is 17.8 Å². The fourth-order valence-electron chi connectivity index (χ4n) is 3.08. The lowest BCUT2D eigenvalue weighted by Gasteiger charge is -2.21. The van der Waals surface area contributed by atoms with Gasteiger partial charge in [-0.25, -0.2) is 0 Å². The SMILES string of the molecule is CCc1ccc(OCC(=O)N(C)c2ccccc2C(=O)NCc2ccccc2)c(Br)c1. The first-order chi connectivity index (χ1) is 15.0. The summed E-state index contributed by atoms with van der Waals surface area (Å²) < 4.78 is 6.52. The van der Waals surface area contributed by atoms with Gasteiger partial charge < -0.3 is 15.0 Å². The fraction of sp³-hybridized carbons (Fsp3) is 0.200. The van der Waals surface area contributed by atoms with Crippen LogP contribution in [-0.4, -0.2) is 25.5 Å². The Labute approximate surface area is 191 Å². The normalized spacial score (nSPS) is 10.4. The van der Waals surface area contributed by atoms with Crippen molar-refractivity contribution in [3.05, 3.63) is 94.0 Å². The zero-order valence-corrected chi connectivity index (χ0v) is 19.2. The minimum absolute atomic E-state index is 0.138. The summed E-state index contributed by atoms with van der Waals surface area (Å²) in [6, 6.07) is 22.5. The van der Waals surface area contributed by atoms with Gasteiger partial charge in [-0.1, -0.05) is 55.5 Å². The van der Waals surface area contributed by atoms with Crippen LogP contribution in [0.25, 0.3) is 0 Å². The number of aryl methyl sites for hydroxylation is 1. The monoisotopic (exact) mass is 480 g/mol. The number of halogens is 1. The van der Waals surface area contributed by atoms with Gasteiger partial charge in [-0.3, -0.25) is 9.59 Å². The number of hydrogen-bond donors (Lipinski definition) is 1. The highest BCUT2D eigenvalue weighted by Gasteiger charge is 2.19. The lowest BCUT2D eigenvalue weighted by Crippen LogP contribution is -2.33. The molecular formula is C25H25BrN2O3. The first-order valence-electron chi connectivity index (χ1n) is 10.1. The number of carbonyl (C=O) groups excluding carboxylic acids is 2. The van der Waals surface area contributed by atoms with Gasteiger partial charge >= 0.3 is 0 Å². The second kappa shape index (κ2) is 10.8. The Balaban J connectivity index is 1.66. The molecule has 0 aliphatic heterocycles. The van der Waals surface area contributed by atoms with Crippen molar-refractivity contribution in [3.63, 3.8) is 0 Å². The van der Waals surface area contributed by atoms with Crippen molar-refractivity contribution in [2.24, 2.45) is 0 Å². The van der Waals surface area contributed by atoms with E-state index in [1.807, 2.05) is 48.5 Å². The molecule has 0 aliphatic carbocycles. The van der Waals surface area contributed by atoms with E-state index < -0.39 is 0 Å². The number of nitrogens with one attached hydrogen (secondary N) is 1. The van der Waals surface area contributed by atoms with E-state index in [4.69, 9.17) is 4.74 Å². The highest BCUT2D eigenvalue weighted by Crippen LogP contribution is 2.26. The number of carbonyl (C=O) groups is 2. The van der Waals surface area contributed by atoms with E-state index in [1.165, 1.54) is 10.5 Å². The van der Waals surface area contributed by atoms with E-state index in [1.54, 1.807) is 31.3 Å². The second-order valence-electron chi connectivity index (χ2n) is 7.05. The molecular weight excluding hydrogens is 456 g/mol. The minimum atomic E-state index is -0.255. The van der Waals surface area contributed by atoms with Crippen molar-refractivity contribution in [1.29, 1.82) is 0 Å². The number of likely N-dealkylation sites (N-methyl/N-ethyl adjacent to an activating group) is 1. The largest absolute Gasteiger partial charge is 0.483 e. The molecule has 6 heteroatoms. The van der Waals surface area contributed by atoms with E-state index in [0.717, 1.165) is 16.5 Å². The van der Waals surface area contributed by atoms with Crippen molar-refractivity contribution in [2.75, 3.05) is 18.6 Å². The van der Waals surface area contributed by atoms with Crippen LogP contribution in [0.1, 0.15) is 28.4 Å². The van der Waals surface area contributed by atoms with Gasteiger partial charge in [0, 0.05) is 13.6 Å². The number of amides is 2. The number of benzene rings is 3. The van der Waals surface area contributed by atoms with Crippen LogP contribution in [0.4, 0.5) is 5.69 Å². The maximum Gasteiger partial charge on any atom is 0.264 e. The molecule has 0 saturated heterocycles. The smallest absolute Gasteiger partial charge is 0.264 e. The van der Waals surface area contributed by atoms with Gasteiger partial charge in [0.15, 0.2) is 6.61 Å². The Morgan fingerprint density at radius 2 is 1.68 bits per heavy atom. The number of nitrogens with zero attached hydrogens (tertiary/aromatic N) is 1. The molecule has 1 N–H and O–H groups in total. The molecule has 0 atom stereocenters.